The van der Waals surface area contributed by atoms with E-state index in [2.05, 4.69) is 0 Å². The normalized spacial score (nSPS) is 9.80. The summed E-state index contributed by atoms with van der Waals surface area (Å²) in [5.41, 5.74) is 0.719. The van der Waals surface area contributed by atoms with Crippen molar-refractivity contribution in [3.63, 3.8) is 0 Å². The highest BCUT2D eigenvalue weighted by Crippen LogP contribution is 2.19. The molecule has 3 nitrogen and oxygen atoms in total. The summed E-state index contributed by atoms with van der Waals surface area (Å²) in [6, 6.07) is 9.77. The molecule has 0 saturated heterocycles. The van der Waals surface area contributed by atoms with E-state index in [1.807, 2.05) is 44.2 Å². The Morgan fingerprint density at radius 1 is 1.27 bits per heavy atom. The Hall–Kier alpha value is -1.64. The molecule has 0 fully saturated rings. The zero-order valence-electron chi connectivity index (χ0n) is 9.23. The molecule has 1 N–H and O–H groups in total. The molecule has 82 valence electrons. The fourth-order valence-corrected chi connectivity index (χ4v) is 0.936. The number of benzene rings is 1. The van der Waals surface area contributed by atoms with Gasteiger partial charge in [0.05, 0.1) is 0 Å². The van der Waals surface area contributed by atoms with Crippen LogP contribution in [-0.2, 0) is 15.0 Å². The topological polar surface area (TPSA) is 54.4 Å². The molecule has 0 saturated carbocycles. The second kappa shape index (κ2) is 5.96. The van der Waals surface area contributed by atoms with E-state index < -0.39 is 5.97 Å². The van der Waals surface area contributed by atoms with Crippen molar-refractivity contribution in [1.82, 2.24) is 0 Å². The van der Waals surface area contributed by atoms with E-state index in [0.29, 0.717) is 0 Å². The fourth-order valence-electron chi connectivity index (χ4n) is 0.936. The van der Waals surface area contributed by atoms with Crippen LogP contribution in [0.15, 0.2) is 30.3 Å². The van der Waals surface area contributed by atoms with Crippen molar-refractivity contribution < 1.29 is 14.7 Å². The predicted molar refractivity (Wildman–Crippen MR) is 58.8 cm³/mol. The molecule has 0 spiro atoms. The van der Waals surface area contributed by atoms with Crippen molar-refractivity contribution in [2.45, 2.75) is 26.2 Å². The zero-order valence-corrected chi connectivity index (χ0v) is 9.23. The van der Waals surface area contributed by atoms with Crippen LogP contribution in [-0.4, -0.2) is 17.4 Å². The number of carbonyl (C=O) groups excluding carboxylic acids is 1. The van der Waals surface area contributed by atoms with Crippen LogP contribution in [0, 0.1) is 0 Å². The lowest BCUT2D eigenvalue weighted by Crippen LogP contribution is -2.18. The molecule has 1 aromatic carbocycles. The number of hydrogen-bond donors (Lipinski definition) is 1. The maximum absolute atomic E-state index is 10.6. The first-order chi connectivity index (χ1) is 6.90. The molecular weight excluding hydrogens is 192 g/mol. The van der Waals surface area contributed by atoms with E-state index in [9.17, 15) is 4.79 Å². The van der Waals surface area contributed by atoms with E-state index in [1.54, 1.807) is 0 Å². The van der Waals surface area contributed by atoms with Gasteiger partial charge in [0.1, 0.15) is 6.29 Å². The minimum atomic E-state index is -0.833. The Bertz CT molecular complexity index is 311. The maximum Gasteiger partial charge on any atom is 0.300 e. The minimum Gasteiger partial charge on any atom is -0.481 e. The number of rotatable bonds is 2. The third kappa shape index (κ3) is 5.62. The molecule has 0 atom stereocenters. The maximum atomic E-state index is 10.6. The lowest BCUT2D eigenvalue weighted by Gasteiger charge is -2.16. The van der Waals surface area contributed by atoms with Gasteiger partial charge in [-0.05, 0) is 19.4 Å². The average Bonchev–Trinajstić information content (AvgIpc) is 2.18. The Morgan fingerprint density at radius 3 is 2.00 bits per heavy atom. The standard InChI is InChI=1S/C10H12O.C2H4O2/c1-10(2,8-11)9-6-4-3-5-7-9;1-2(3)4/h3-8H,1-2H3;1H3,(H,3,4). The van der Waals surface area contributed by atoms with Gasteiger partial charge in [-0.3, -0.25) is 4.79 Å². The zero-order chi connectivity index (χ0) is 11.9. The Balaban J connectivity index is 0.000000423. The van der Waals surface area contributed by atoms with E-state index >= 15 is 0 Å². The summed E-state index contributed by atoms with van der Waals surface area (Å²) >= 11 is 0. The van der Waals surface area contributed by atoms with Crippen LogP contribution >= 0.6 is 0 Å². The number of carboxylic acids is 1. The first-order valence-electron chi connectivity index (χ1n) is 4.61. The molecule has 0 unspecified atom stereocenters. The first-order valence-corrected chi connectivity index (χ1v) is 4.61. The molecule has 3 heteroatoms. The summed E-state index contributed by atoms with van der Waals surface area (Å²) in [4.78, 5) is 19.6. The highest BCUT2D eigenvalue weighted by Gasteiger charge is 2.17. The second-order valence-electron chi connectivity index (χ2n) is 3.72. The third-order valence-electron chi connectivity index (χ3n) is 1.81. The summed E-state index contributed by atoms with van der Waals surface area (Å²) < 4.78 is 0. The van der Waals surface area contributed by atoms with Gasteiger partial charge in [0.2, 0.25) is 0 Å². The van der Waals surface area contributed by atoms with Crippen molar-refractivity contribution in [3.05, 3.63) is 35.9 Å². The van der Waals surface area contributed by atoms with Gasteiger partial charge in [0.25, 0.3) is 5.97 Å². The predicted octanol–water partition coefficient (Wildman–Crippen LogP) is 2.25. The summed E-state index contributed by atoms with van der Waals surface area (Å²) in [5.74, 6) is -0.833. The summed E-state index contributed by atoms with van der Waals surface area (Å²) in [7, 11) is 0. The van der Waals surface area contributed by atoms with Crippen LogP contribution in [0.4, 0.5) is 0 Å². The summed E-state index contributed by atoms with van der Waals surface area (Å²) in [5, 5.41) is 7.42. The van der Waals surface area contributed by atoms with Crippen molar-refractivity contribution in [2.75, 3.05) is 0 Å². The first kappa shape index (κ1) is 13.4. The van der Waals surface area contributed by atoms with Gasteiger partial charge in [-0.25, -0.2) is 0 Å². The minimum absolute atomic E-state index is 0.346. The van der Waals surface area contributed by atoms with Gasteiger partial charge < -0.3 is 9.90 Å². The third-order valence-corrected chi connectivity index (χ3v) is 1.81. The summed E-state index contributed by atoms with van der Waals surface area (Å²) in [6.45, 7) is 4.91. The molecule has 0 aliphatic rings. The monoisotopic (exact) mass is 208 g/mol. The van der Waals surface area contributed by atoms with Crippen LogP contribution in [0.25, 0.3) is 0 Å². The van der Waals surface area contributed by atoms with Crippen LogP contribution in [0.3, 0.4) is 0 Å². The number of hydrogen-bond acceptors (Lipinski definition) is 2. The van der Waals surface area contributed by atoms with Gasteiger partial charge in [0, 0.05) is 12.3 Å². The van der Waals surface area contributed by atoms with Crippen molar-refractivity contribution >= 4 is 12.3 Å². The lowest BCUT2D eigenvalue weighted by atomic mass is 9.87. The molecule has 0 amide bonds. The van der Waals surface area contributed by atoms with Crippen LogP contribution in [0.1, 0.15) is 26.3 Å². The van der Waals surface area contributed by atoms with Crippen LogP contribution in [0.5, 0.6) is 0 Å². The molecule has 15 heavy (non-hydrogen) atoms. The second-order valence-corrected chi connectivity index (χ2v) is 3.72. The van der Waals surface area contributed by atoms with Crippen molar-refractivity contribution in [3.8, 4) is 0 Å². The quantitative estimate of drug-likeness (QED) is 0.758. The highest BCUT2D eigenvalue weighted by molar-refractivity contribution is 5.66. The Labute approximate surface area is 89.7 Å². The Kier molecular flexibility index (Phi) is 5.31. The molecule has 1 aromatic rings. The Morgan fingerprint density at radius 2 is 1.67 bits per heavy atom. The van der Waals surface area contributed by atoms with Gasteiger partial charge in [-0.15, -0.1) is 0 Å². The lowest BCUT2D eigenvalue weighted by molar-refractivity contribution is -0.134. The van der Waals surface area contributed by atoms with Crippen LogP contribution in [0.2, 0.25) is 0 Å². The number of aliphatic carboxylic acids is 1. The van der Waals surface area contributed by atoms with Gasteiger partial charge in [0.15, 0.2) is 0 Å². The van der Waals surface area contributed by atoms with Gasteiger partial charge in [-0.2, -0.15) is 0 Å². The van der Waals surface area contributed by atoms with Gasteiger partial charge in [-0.1, -0.05) is 30.3 Å². The van der Waals surface area contributed by atoms with Gasteiger partial charge >= 0.3 is 0 Å². The van der Waals surface area contributed by atoms with E-state index in [-0.39, 0.29) is 5.41 Å². The molecule has 0 bridgehead atoms. The number of carboxylic acid groups (broad SMARTS) is 1. The van der Waals surface area contributed by atoms with Crippen molar-refractivity contribution in [1.29, 1.82) is 0 Å². The number of carbonyl (C=O) groups is 2. The highest BCUT2D eigenvalue weighted by atomic mass is 16.4. The smallest absolute Gasteiger partial charge is 0.300 e. The largest absolute Gasteiger partial charge is 0.481 e. The average molecular weight is 208 g/mol. The van der Waals surface area contributed by atoms with E-state index in [0.717, 1.165) is 18.8 Å². The number of aldehydes is 1. The molecule has 1 rings (SSSR count). The van der Waals surface area contributed by atoms with E-state index in [1.165, 1.54) is 0 Å². The summed E-state index contributed by atoms with van der Waals surface area (Å²) in [6.07, 6.45) is 0.975. The van der Waals surface area contributed by atoms with Crippen LogP contribution < -0.4 is 0 Å². The molecule has 0 aliphatic carbocycles. The SMILES string of the molecule is CC(=O)O.CC(C)(C=O)c1ccccc1. The fraction of sp³-hybridized carbons (Fsp3) is 0.333. The molecular formula is C12H16O3. The molecule has 0 heterocycles. The molecule has 0 radical (unpaired) electrons. The van der Waals surface area contributed by atoms with E-state index in [4.69, 9.17) is 9.90 Å². The molecule has 0 aliphatic heterocycles. The molecule has 0 aromatic heterocycles. The van der Waals surface area contributed by atoms with Crippen molar-refractivity contribution in [2.24, 2.45) is 0 Å².